The second-order valence-electron chi connectivity index (χ2n) is 5.78. The average Bonchev–Trinajstić information content (AvgIpc) is 3.10. The van der Waals surface area contributed by atoms with Gasteiger partial charge in [-0.2, -0.15) is 23.0 Å². The number of nitrogens with zero attached hydrogens (tertiary/aromatic N) is 2. The molecule has 3 aromatic rings. The topological polar surface area (TPSA) is 56.1 Å². The highest BCUT2D eigenvalue weighted by Gasteiger charge is 2.35. The molecule has 0 saturated heterocycles. The van der Waals surface area contributed by atoms with Crippen LogP contribution in [0.15, 0.2) is 60.7 Å². The Morgan fingerprint density at radius 1 is 1.10 bits per heavy atom. The molecule has 0 aliphatic carbocycles. The van der Waals surface area contributed by atoms with Gasteiger partial charge in [0, 0.05) is 12.6 Å². The highest BCUT2D eigenvalue weighted by atomic mass is 35.5. The number of amides is 1. The predicted molar refractivity (Wildman–Crippen MR) is 104 cm³/mol. The molecule has 154 valence electrons. The van der Waals surface area contributed by atoms with Gasteiger partial charge in [0.15, 0.2) is 12.3 Å². The van der Waals surface area contributed by atoms with Crippen molar-refractivity contribution < 1.29 is 22.7 Å². The minimum atomic E-state index is -4.67. The summed E-state index contributed by atoms with van der Waals surface area (Å²) in [6.07, 6.45) is -4.67. The standard InChI is InChI=1S/C19H15ClF3N3O2.CH4/c20-14-8-4-5-9-15(14)26-18(10-16(25-26)19(21,22)23)28-12-17(27)24-11-13-6-2-1-3-7-13;/h1-10H,11-12H2,(H,24,27);1H4. The van der Waals surface area contributed by atoms with E-state index in [0.717, 1.165) is 16.3 Å². The molecule has 29 heavy (non-hydrogen) atoms. The Kier molecular flexibility index (Phi) is 7.28. The van der Waals surface area contributed by atoms with E-state index in [4.69, 9.17) is 16.3 Å². The number of hydrogen-bond donors (Lipinski definition) is 1. The van der Waals surface area contributed by atoms with Gasteiger partial charge in [-0.25, -0.2) is 0 Å². The Hall–Kier alpha value is -3.00. The van der Waals surface area contributed by atoms with Crippen molar-refractivity contribution in [1.82, 2.24) is 15.1 Å². The average molecular weight is 426 g/mol. The van der Waals surface area contributed by atoms with E-state index < -0.39 is 24.4 Å². The van der Waals surface area contributed by atoms with Crippen molar-refractivity contribution in [2.75, 3.05) is 6.61 Å². The monoisotopic (exact) mass is 425 g/mol. The van der Waals surface area contributed by atoms with Gasteiger partial charge in [-0.05, 0) is 17.7 Å². The van der Waals surface area contributed by atoms with E-state index in [-0.39, 0.29) is 30.6 Å². The van der Waals surface area contributed by atoms with Crippen LogP contribution in [-0.4, -0.2) is 22.3 Å². The number of halogens is 4. The minimum absolute atomic E-state index is 0. The summed E-state index contributed by atoms with van der Waals surface area (Å²) >= 11 is 6.06. The largest absolute Gasteiger partial charge is 0.467 e. The zero-order valence-corrected chi connectivity index (χ0v) is 15.2. The molecule has 0 atom stereocenters. The summed E-state index contributed by atoms with van der Waals surface area (Å²) in [7, 11) is 0. The Morgan fingerprint density at radius 3 is 2.41 bits per heavy atom. The minimum Gasteiger partial charge on any atom is -0.467 e. The van der Waals surface area contributed by atoms with Crippen LogP contribution in [0.3, 0.4) is 0 Å². The van der Waals surface area contributed by atoms with E-state index >= 15 is 0 Å². The maximum atomic E-state index is 13.1. The number of alkyl halides is 3. The van der Waals surface area contributed by atoms with Crippen molar-refractivity contribution in [3.05, 3.63) is 76.9 Å². The Labute approximate surface area is 171 Å². The molecule has 5 nitrogen and oxygen atoms in total. The fourth-order valence-corrected chi connectivity index (χ4v) is 2.60. The number of carbonyl (C=O) groups excluding carboxylic acids is 1. The molecule has 0 saturated carbocycles. The van der Waals surface area contributed by atoms with Gasteiger partial charge in [-0.1, -0.05) is 61.5 Å². The van der Waals surface area contributed by atoms with Gasteiger partial charge < -0.3 is 10.1 Å². The summed E-state index contributed by atoms with van der Waals surface area (Å²) in [5.74, 6) is -0.723. The molecular formula is C20H19ClF3N3O2. The number of carbonyl (C=O) groups is 1. The molecule has 1 heterocycles. The number of rotatable bonds is 6. The molecule has 0 bridgehead atoms. The lowest BCUT2D eigenvalue weighted by Crippen LogP contribution is -2.28. The lowest BCUT2D eigenvalue weighted by Gasteiger charge is -2.10. The summed E-state index contributed by atoms with van der Waals surface area (Å²) in [6, 6.07) is 16.2. The second-order valence-corrected chi connectivity index (χ2v) is 6.19. The van der Waals surface area contributed by atoms with Crippen molar-refractivity contribution in [1.29, 1.82) is 0 Å². The van der Waals surface area contributed by atoms with E-state index in [0.29, 0.717) is 0 Å². The highest BCUT2D eigenvalue weighted by molar-refractivity contribution is 6.32. The molecule has 1 aromatic heterocycles. The van der Waals surface area contributed by atoms with E-state index in [2.05, 4.69) is 10.4 Å². The summed E-state index contributed by atoms with van der Waals surface area (Å²) in [5, 5.41) is 6.36. The molecule has 0 radical (unpaired) electrons. The number of hydrogen-bond acceptors (Lipinski definition) is 3. The molecule has 1 N–H and O–H groups in total. The first-order valence-electron chi connectivity index (χ1n) is 8.20. The molecule has 9 heteroatoms. The van der Waals surface area contributed by atoms with Crippen LogP contribution in [-0.2, 0) is 17.5 Å². The van der Waals surface area contributed by atoms with E-state index in [1.807, 2.05) is 30.3 Å². The fraction of sp³-hybridized carbons (Fsp3) is 0.200. The summed E-state index contributed by atoms with van der Waals surface area (Å²) in [5.41, 5.74) is -0.0530. The molecule has 0 aliphatic heterocycles. The zero-order chi connectivity index (χ0) is 20.1. The van der Waals surface area contributed by atoms with Crippen LogP contribution in [0.25, 0.3) is 5.69 Å². The van der Waals surface area contributed by atoms with Crippen LogP contribution in [0, 0.1) is 0 Å². The van der Waals surface area contributed by atoms with Crippen LogP contribution < -0.4 is 10.1 Å². The van der Waals surface area contributed by atoms with Crippen LogP contribution in [0.5, 0.6) is 5.88 Å². The van der Waals surface area contributed by atoms with Gasteiger partial charge in [0.25, 0.3) is 5.91 Å². The molecule has 1 amide bonds. The van der Waals surface area contributed by atoms with Gasteiger partial charge in [-0.3, -0.25) is 4.79 Å². The molecule has 3 rings (SSSR count). The Balaban J connectivity index is 0.00000300. The van der Waals surface area contributed by atoms with Gasteiger partial charge in [0.2, 0.25) is 5.88 Å². The first kappa shape index (κ1) is 22.3. The van der Waals surface area contributed by atoms with Crippen molar-refractivity contribution >= 4 is 17.5 Å². The fourth-order valence-electron chi connectivity index (χ4n) is 2.39. The van der Waals surface area contributed by atoms with Gasteiger partial charge in [0.05, 0.1) is 10.7 Å². The second kappa shape index (κ2) is 9.47. The lowest BCUT2D eigenvalue weighted by molar-refractivity contribution is -0.141. The van der Waals surface area contributed by atoms with Crippen LogP contribution in [0.1, 0.15) is 18.7 Å². The van der Waals surface area contributed by atoms with Crippen molar-refractivity contribution in [2.24, 2.45) is 0 Å². The number of nitrogens with one attached hydrogen (secondary N) is 1. The zero-order valence-electron chi connectivity index (χ0n) is 14.4. The SMILES string of the molecule is C.O=C(COc1cc(C(F)(F)F)nn1-c1ccccc1Cl)NCc1ccccc1. The molecule has 0 spiro atoms. The number of ether oxygens (including phenoxy) is 1. The third kappa shape index (κ3) is 5.74. The van der Waals surface area contributed by atoms with E-state index in [1.165, 1.54) is 12.1 Å². The van der Waals surface area contributed by atoms with E-state index in [1.54, 1.807) is 12.1 Å². The summed E-state index contributed by atoms with van der Waals surface area (Å²) in [4.78, 5) is 12.0. The third-order valence-electron chi connectivity index (χ3n) is 3.73. The molecule has 0 unspecified atom stereocenters. The van der Waals surface area contributed by atoms with Crippen LogP contribution >= 0.6 is 11.6 Å². The van der Waals surface area contributed by atoms with Crippen molar-refractivity contribution in [2.45, 2.75) is 20.1 Å². The first-order chi connectivity index (χ1) is 13.3. The molecular weight excluding hydrogens is 407 g/mol. The normalized spacial score (nSPS) is 10.9. The summed E-state index contributed by atoms with van der Waals surface area (Å²) in [6.45, 7) is -0.194. The molecule has 2 aromatic carbocycles. The molecule has 0 fully saturated rings. The maximum Gasteiger partial charge on any atom is 0.435 e. The maximum absolute atomic E-state index is 13.1. The van der Waals surface area contributed by atoms with Gasteiger partial charge in [-0.15, -0.1) is 0 Å². The van der Waals surface area contributed by atoms with Crippen LogP contribution in [0.4, 0.5) is 13.2 Å². The van der Waals surface area contributed by atoms with Gasteiger partial charge >= 0.3 is 6.18 Å². The van der Waals surface area contributed by atoms with Crippen molar-refractivity contribution in [3.63, 3.8) is 0 Å². The highest BCUT2D eigenvalue weighted by Crippen LogP contribution is 2.33. The van der Waals surface area contributed by atoms with E-state index in [9.17, 15) is 18.0 Å². The number of aromatic nitrogens is 2. The Bertz CT molecular complexity index is 959. The third-order valence-corrected chi connectivity index (χ3v) is 4.05. The van der Waals surface area contributed by atoms with Crippen molar-refractivity contribution in [3.8, 4) is 11.6 Å². The quantitative estimate of drug-likeness (QED) is 0.612. The lowest BCUT2D eigenvalue weighted by atomic mass is 10.2. The Morgan fingerprint density at radius 2 is 1.76 bits per heavy atom. The predicted octanol–water partition coefficient (Wildman–Crippen LogP) is 4.88. The molecule has 0 aliphatic rings. The van der Waals surface area contributed by atoms with Gasteiger partial charge in [0.1, 0.15) is 0 Å². The number of para-hydroxylation sites is 1. The first-order valence-corrected chi connectivity index (χ1v) is 8.58. The number of benzene rings is 2. The summed E-state index contributed by atoms with van der Waals surface area (Å²) < 4.78 is 45.4. The smallest absolute Gasteiger partial charge is 0.435 e. The van der Waals surface area contributed by atoms with Crippen LogP contribution in [0.2, 0.25) is 5.02 Å².